The number of H-pyrrole nitrogens is 1. The van der Waals surface area contributed by atoms with E-state index < -0.39 is 0 Å². The van der Waals surface area contributed by atoms with Crippen molar-refractivity contribution in [3.63, 3.8) is 0 Å². The van der Waals surface area contributed by atoms with E-state index in [1.807, 2.05) is 0 Å². The first-order valence-corrected chi connectivity index (χ1v) is 3.29. The summed E-state index contributed by atoms with van der Waals surface area (Å²) in [5.41, 5.74) is 0.956. The number of aromatic nitrogens is 4. The van der Waals surface area contributed by atoms with E-state index in [-0.39, 0.29) is 12.0 Å². The average Bonchev–Trinajstić information content (AvgIpc) is 2.58. The Labute approximate surface area is 71.8 Å². The molecule has 0 amide bonds. The van der Waals surface area contributed by atoms with Crippen LogP contribution in [-0.4, -0.2) is 19.9 Å². The van der Waals surface area contributed by atoms with Crippen LogP contribution in [0.4, 0.5) is 0 Å². The highest BCUT2D eigenvalue weighted by Crippen LogP contribution is 2.13. The zero-order valence-corrected chi connectivity index (χ0v) is 6.39. The lowest BCUT2D eigenvalue weighted by Gasteiger charge is -1.92. The minimum Gasteiger partial charge on any atom is -0.373 e. The van der Waals surface area contributed by atoms with Gasteiger partial charge in [0.15, 0.2) is 5.65 Å². The molecule has 2 aromatic heterocycles. The smallest absolute Gasteiger partial charge is 0.337 e. The monoisotopic (exact) mass is 182 g/mol. The molecule has 0 atom stereocenters. The number of hydrogen-bond acceptors (Lipinski definition) is 7. The number of hydrogen-bond donors (Lipinski definition) is 3. The van der Waals surface area contributed by atoms with E-state index in [0.717, 1.165) is 0 Å². The molecule has 0 fully saturated rings. The van der Waals surface area contributed by atoms with Crippen molar-refractivity contribution in [1.29, 1.82) is 0 Å². The summed E-state index contributed by atoms with van der Waals surface area (Å²) >= 11 is 0. The summed E-state index contributed by atoms with van der Waals surface area (Å²) in [4.78, 5) is 22.8. The van der Waals surface area contributed by atoms with Gasteiger partial charge in [-0.3, -0.25) is 0 Å². The number of nitrogens with one attached hydrogen (secondary N) is 1. The Balaban J connectivity index is 2.57. The Hall–Kier alpha value is -1.93. The van der Waals surface area contributed by atoms with E-state index in [2.05, 4.69) is 29.6 Å². The Morgan fingerprint density at radius 1 is 1.23 bits per heavy atom. The Morgan fingerprint density at radius 3 is 2.77 bits per heavy atom. The molecule has 2 heterocycles. The van der Waals surface area contributed by atoms with Crippen molar-refractivity contribution in [2.75, 3.05) is 0 Å². The Bertz CT molecular complexity index is 424. The summed E-state index contributed by atoms with van der Waals surface area (Å²) in [5.74, 6) is 9.75. The molecule has 0 radical (unpaired) electrons. The molecule has 0 unspecified atom stereocenters. The molecule has 8 heteroatoms. The largest absolute Gasteiger partial charge is 0.373 e. The predicted molar refractivity (Wildman–Crippen MR) is 41.3 cm³/mol. The Kier molecular flexibility index (Phi) is 1.69. The first kappa shape index (κ1) is 7.71. The SMILES string of the molecule is NOc1ncc2[nH]c(ON)nc2n1. The van der Waals surface area contributed by atoms with Gasteiger partial charge in [-0.1, -0.05) is 0 Å². The fourth-order valence-corrected chi connectivity index (χ4v) is 0.883. The van der Waals surface area contributed by atoms with Gasteiger partial charge in [0.1, 0.15) is 5.52 Å². The van der Waals surface area contributed by atoms with Crippen molar-refractivity contribution in [1.82, 2.24) is 19.9 Å². The fraction of sp³-hybridized carbons (Fsp3) is 0. The molecule has 5 N–H and O–H groups in total. The summed E-state index contributed by atoms with van der Waals surface area (Å²) in [5, 5.41) is 0. The van der Waals surface area contributed by atoms with E-state index in [4.69, 9.17) is 11.8 Å². The van der Waals surface area contributed by atoms with Crippen LogP contribution in [0.5, 0.6) is 12.0 Å². The normalized spacial score (nSPS) is 10.3. The first-order chi connectivity index (χ1) is 6.33. The van der Waals surface area contributed by atoms with E-state index in [9.17, 15) is 0 Å². The van der Waals surface area contributed by atoms with Gasteiger partial charge in [0.05, 0.1) is 6.20 Å². The van der Waals surface area contributed by atoms with Gasteiger partial charge in [0.2, 0.25) is 0 Å². The zero-order chi connectivity index (χ0) is 9.26. The van der Waals surface area contributed by atoms with E-state index in [1.54, 1.807) is 0 Å². The number of imidazole rings is 1. The molecule has 0 aromatic carbocycles. The maximum Gasteiger partial charge on any atom is 0.337 e. The number of nitrogens with zero attached hydrogens (tertiary/aromatic N) is 3. The summed E-state index contributed by atoms with van der Waals surface area (Å²) in [7, 11) is 0. The number of fused-ring (bicyclic) bond motifs is 1. The summed E-state index contributed by atoms with van der Waals surface area (Å²) in [6.07, 6.45) is 1.46. The molecule has 0 spiro atoms. The quantitative estimate of drug-likeness (QED) is 0.501. The molecule has 0 bridgehead atoms. The maximum absolute atomic E-state index is 4.89. The number of rotatable bonds is 2. The van der Waals surface area contributed by atoms with Crippen LogP contribution in [0, 0.1) is 0 Å². The minimum atomic E-state index is 0.0302. The van der Waals surface area contributed by atoms with Crippen LogP contribution in [0.3, 0.4) is 0 Å². The van der Waals surface area contributed by atoms with Crippen LogP contribution >= 0.6 is 0 Å². The van der Waals surface area contributed by atoms with Crippen LogP contribution < -0.4 is 21.5 Å². The van der Waals surface area contributed by atoms with Gasteiger partial charge in [0, 0.05) is 0 Å². The summed E-state index contributed by atoms with van der Waals surface area (Å²) < 4.78 is 0. The second-order valence-electron chi connectivity index (χ2n) is 2.17. The molecule has 2 rings (SSSR count). The van der Waals surface area contributed by atoms with E-state index >= 15 is 0 Å². The highest BCUT2D eigenvalue weighted by Gasteiger charge is 2.06. The van der Waals surface area contributed by atoms with Crippen molar-refractivity contribution in [3.8, 4) is 12.0 Å². The van der Waals surface area contributed by atoms with E-state index in [0.29, 0.717) is 11.2 Å². The second-order valence-corrected chi connectivity index (χ2v) is 2.17. The maximum atomic E-state index is 4.89. The second kappa shape index (κ2) is 2.84. The van der Waals surface area contributed by atoms with Gasteiger partial charge in [-0.05, 0) is 0 Å². The third kappa shape index (κ3) is 1.23. The Morgan fingerprint density at radius 2 is 2.08 bits per heavy atom. The van der Waals surface area contributed by atoms with Gasteiger partial charge in [-0.2, -0.15) is 26.7 Å². The average molecular weight is 182 g/mol. The molecule has 68 valence electrons. The lowest BCUT2D eigenvalue weighted by molar-refractivity contribution is 0.306. The van der Waals surface area contributed by atoms with Crippen molar-refractivity contribution >= 4 is 11.2 Å². The molecule has 13 heavy (non-hydrogen) atoms. The van der Waals surface area contributed by atoms with Crippen molar-refractivity contribution in [3.05, 3.63) is 6.20 Å². The molecule has 0 aliphatic carbocycles. The predicted octanol–water partition coefficient (Wildman–Crippen LogP) is -1.14. The molecule has 0 saturated heterocycles. The molecular formula is C5H6N6O2. The third-order valence-corrected chi connectivity index (χ3v) is 1.41. The summed E-state index contributed by atoms with van der Waals surface area (Å²) in [6.45, 7) is 0. The fourth-order valence-electron chi connectivity index (χ4n) is 0.883. The van der Waals surface area contributed by atoms with Crippen LogP contribution in [-0.2, 0) is 0 Å². The van der Waals surface area contributed by atoms with E-state index in [1.165, 1.54) is 6.20 Å². The molecule has 0 aliphatic rings. The van der Waals surface area contributed by atoms with Crippen molar-refractivity contribution < 1.29 is 9.68 Å². The number of aromatic amines is 1. The van der Waals surface area contributed by atoms with Gasteiger partial charge >= 0.3 is 12.0 Å². The van der Waals surface area contributed by atoms with Crippen molar-refractivity contribution in [2.24, 2.45) is 11.8 Å². The summed E-state index contributed by atoms with van der Waals surface area (Å²) in [6, 6.07) is 0.182. The molecule has 8 nitrogen and oxygen atoms in total. The molecule has 2 aromatic rings. The van der Waals surface area contributed by atoms with Crippen LogP contribution in [0.25, 0.3) is 11.2 Å². The highest BCUT2D eigenvalue weighted by atomic mass is 16.6. The van der Waals surface area contributed by atoms with Crippen LogP contribution in [0.15, 0.2) is 6.20 Å². The first-order valence-electron chi connectivity index (χ1n) is 3.29. The van der Waals surface area contributed by atoms with Gasteiger partial charge in [0.25, 0.3) is 0 Å². The van der Waals surface area contributed by atoms with Crippen LogP contribution in [0.1, 0.15) is 0 Å². The van der Waals surface area contributed by atoms with Gasteiger partial charge in [-0.15, -0.1) is 0 Å². The molecular weight excluding hydrogens is 176 g/mol. The highest BCUT2D eigenvalue weighted by molar-refractivity contribution is 5.70. The van der Waals surface area contributed by atoms with Crippen LogP contribution in [0.2, 0.25) is 0 Å². The van der Waals surface area contributed by atoms with Gasteiger partial charge in [-0.25, -0.2) is 0 Å². The van der Waals surface area contributed by atoms with Gasteiger partial charge < -0.3 is 14.7 Å². The molecule has 0 saturated carbocycles. The zero-order valence-electron chi connectivity index (χ0n) is 6.39. The van der Waals surface area contributed by atoms with Crippen molar-refractivity contribution in [2.45, 2.75) is 0 Å². The lowest BCUT2D eigenvalue weighted by Crippen LogP contribution is -2.05. The number of nitrogens with two attached hydrogens (primary N) is 2. The lowest BCUT2D eigenvalue weighted by atomic mass is 10.6. The minimum absolute atomic E-state index is 0.0302. The third-order valence-electron chi connectivity index (χ3n) is 1.41. The molecule has 0 aliphatic heterocycles. The standard InChI is InChI=1S/C5H6N6O2/c6-12-4-8-1-2-3(10-4)11-5(9-2)13-7/h1H,6-7H2,(H,8,9,10,11). The topological polar surface area (TPSA) is 125 Å².